The predicted octanol–water partition coefficient (Wildman–Crippen LogP) is 0.918. The minimum Gasteiger partial charge on any atom is -0.287 e. The molecule has 0 saturated carbocycles. The Morgan fingerprint density at radius 2 is 1.95 bits per heavy atom. The van der Waals surface area contributed by atoms with E-state index in [9.17, 15) is 0 Å². The van der Waals surface area contributed by atoms with Gasteiger partial charge in [-0.25, -0.2) is 9.99 Å². The first kappa shape index (κ1) is 12.2. The van der Waals surface area contributed by atoms with Gasteiger partial charge >= 0.3 is 0 Å². The summed E-state index contributed by atoms with van der Waals surface area (Å²) in [7, 11) is 0. The standard InChI is InChI=1S/C10H13ClN8/c11-8-14-9(17-18-4-2-1-3-5-18)16-10(15-8)19-7-12-6-13-19/h6-7H,1-5H2,(H,14,15,16,17). The van der Waals surface area contributed by atoms with Crippen molar-refractivity contribution in [2.24, 2.45) is 0 Å². The molecule has 1 aliphatic heterocycles. The number of halogens is 1. The second-order valence-corrected chi connectivity index (χ2v) is 4.57. The molecule has 0 atom stereocenters. The smallest absolute Gasteiger partial charge is 0.258 e. The minimum absolute atomic E-state index is 0.125. The van der Waals surface area contributed by atoms with Crippen molar-refractivity contribution in [2.75, 3.05) is 18.5 Å². The van der Waals surface area contributed by atoms with E-state index >= 15 is 0 Å². The SMILES string of the molecule is Clc1nc(NN2CCCCC2)nc(-n2cncn2)n1. The van der Waals surface area contributed by atoms with Crippen molar-refractivity contribution in [3.05, 3.63) is 17.9 Å². The number of anilines is 1. The maximum Gasteiger partial charge on any atom is 0.258 e. The zero-order chi connectivity index (χ0) is 13.1. The van der Waals surface area contributed by atoms with Gasteiger partial charge in [0.15, 0.2) is 0 Å². The summed E-state index contributed by atoms with van der Waals surface area (Å²) in [6.45, 7) is 1.95. The maximum atomic E-state index is 5.90. The van der Waals surface area contributed by atoms with Crippen LogP contribution in [-0.2, 0) is 0 Å². The van der Waals surface area contributed by atoms with Gasteiger partial charge in [-0.15, -0.1) is 0 Å². The van der Waals surface area contributed by atoms with Gasteiger partial charge in [-0.3, -0.25) is 5.43 Å². The monoisotopic (exact) mass is 280 g/mol. The molecule has 19 heavy (non-hydrogen) atoms. The lowest BCUT2D eigenvalue weighted by Gasteiger charge is -2.26. The van der Waals surface area contributed by atoms with Crippen LogP contribution in [0.25, 0.3) is 5.95 Å². The Balaban J connectivity index is 1.81. The molecule has 1 fully saturated rings. The number of rotatable bonds is 3. The lowest BCUT2D eigenvalue weighted by Crippen LogP contribution is -2.35. The van der Waals surface area contributed by atoms with E-state index in [0.717, 1.165) is 13.1 Å². The van der Waals surface area contributed by atoms with Gasteiger partial charge in [0.25, 0.3) is 5.95 Å². The molecule has 3 heterocycles. The van der Waals surface area contributed by atoms with Crippen LogP contribution in [0.15, 0.2) is 12.7 Å². The van der Waals surface area contributed by atoms with Crippen molar-refractivity contribution in [3.8, 4) is 5.95 Å². The third-order valence-electron chi connectivity index (χ3n) is 2.83. The highest BCUT2D eigenvalue weighted by atomic mass is 35.5. The molecule has 1 N–H and O–H groups in total. The summed E-state index contributed by atoms with van der Waals surface area (Å²) in [5.74, 6) is 0.768. The van der Waals surface area contributed by atoms with E-state index in [1.165, 1.54) is 36.6 Å². The molecule has 1 saturated heterocycles. The van der Waals surface area contributed by atoms with Crippen molar-refractivity contribution in [2.45, 2.75) is 19.3 Å². The number of nitrogens with zero attached hydrogens (tertiary/aromatic N) is 7. The molecule has 0 unspecified atom stereocenters. The first-order valence-electron chi connectivity index (χ1n) is 6.09. The Morgan fingerprint density at radius 3 is 2.68 bits per heavy atom. The van der Waals surface area contributed by atoms with Crippen molar-refractivity contribution < 1.29 is 0 Å². The van der Waals surface area contributed by atoms with Crippen molar-refractivity contribution in [3.63, 3.8) is 0 Å². The zero-order valence-corrected chi connectivity index (χ0v) is 11.0. The minimum atomic E-state index is 0.125. The van der Waals surface area contributed by atoms with Crippen LogP contribution in [0, 0.1) is 0 Å². The second-order valence-electron chi connectivity index (χ2n) is 4.23. The Hall–Kier alpha value is -1.80. The molecule has 100 valence electrons. The Bertz CT molecular complexity index is 536. The van der Waals surface area contributed by atoms with Crippen LogP contribution < -0.4 is 5.43 Å². The van der Waals surface area contributed by atoms with Gasteiger partial charge in [0.2, 0.25) is 11.2 Å². The third kappa shape index (κ3) is 2.96. The summed E-state index contributed by atoms with van der Waals surface area (Å²) in [6, 6.07) is 0. The summed E-state index contributed by atoms with van der Waals surface area (Å²) >= 11 is 5.90. The van der Waals surface area contributed by atoms with Gasteiger partial charge in [-0.05, 0) is 24.4 Å². The quantitative estimate of drug-likeness (QED) is 0.895. The van der Waals surface area contributed by atoms with Crippen LogP contribution in [0.1, 0.15) is 19.3 Å². The molecule has 0 aliphatic carbocycles. The van der Waals surface area contributed by atoms with E-state index in [-0.39, 0.29) is 5.28 Å². The Morgan fingerprint density at radius 1 is 1.11 bits per heavy atom. The highest BCUT2D eigenvalue weighted by Crippen LogP contribution is 2.12. The molecule has 0 aromatic carbocycles. The van der Waals surface area contributed by atoms with Crippen molar-refractivity contribution in [1.29, 1.82) is 0 Å². The van der Waals surface area contributed by atoms with E-state index in [1.807, 2.05) is 0 Å². The van der Waals surface area contributed by atoms with E-state index < -0.39 is 0 Å². The fourth-order valence-electron chi connectivity index (χ4n) is 1.95. The largest absolute Gasteiger partial charge is 0.287 e. The molecule has 1 aliphatic rings. The predicted molar refractivity (Wildman–Crippen MR) is 68.8 cm³/mol. The average Bonchev–Trinajstić information content (AvgIpc) is 2.93. The molecule has 0 bridgehead atoms. The van der Waals surface area contributed by atoms with Gasteiger partial charge in [-0.1, -0.05) is 6.42 Å². The average molecular weight is 281 g/mol. The van der Waals surface area contributed by atoms with E-state index in [4.69, 9.17) is 11.6 Å². The summed E-state index contributed by atoms with van der Waals surface area (Å²) in [6.07, 6.45) is 6.52. The van der Waals surface area contributed by atoms with Crippen LogP contribution in [0.5, 0.6) is 0 Å². The number of hydrazine groups is 1. The normalized spacial score (nSPS) is 16.5. The molecule has 0 spiro atoms. The summed E-state index contributed by atoms with van der Waals surface area (Å²) in [5, 5.41) is 6.18. The molecule has 3 rings (SSSR count). The van der Waals surface area contributed by atoms with Crippen LogP contribution in [0.2, 0.25) is 5.28 Å². The molecule has 0 radical (unpaired) electrons. The number of hydrogen-bond acceptors (Lipinski definition) is 7. The lowest BCUT2D eigenvalue weighted by atomic mass is 10.2. The van der Waals surface area contributed by atoms with Crippen LogP contribution in [0.4, 0.5) is 5.95 Å². The first-order chi connectivity index (χ1) is 9.31. The summed E-state index contributed by atoms with van der Waals surface area (Å²) in [4.78, 5) is 16.2. The van der Waals surface area contributed by atoms with E-state index in [0.29, 0.717) is 11.9 Å². The molecule has 0 amide bonds. The molecule has 8 nitrogen and oxygen atoms in total. The molecular weight excluding hydrogens is 268 g/mol. The van der Waals surface area contributed by atoms with Crippen LogP contribution in [0.3, 0.4) is 0 Å². The fourth-order valence-corrected chi connectivity index (χ4v) is 2.11. The van der Waals surface area contributed by atoms with E-state index in [1.54, 1.807) is 0 Å². The number of hydrogen-bond donors (Lipinski definition) is 1. The fraction of sp³-hybridized carbons (Fsp3) is 0.500. The Labute approximate surface area is 114 Å². The topological polar surface area (TPSA) is 84.7 Å². The lowest BCUT2D eigenvalue weighted by molar-refractivity contribution is 0.271. The van der Waals surface area contributed by atoms with Gasteiger partial charge in [-0.2, -0.15) is 24.7 Å². The molecule has 2 aromatic heterocycles. The second kappa shape index (κ2) is 5.45. The van der Waals surface area contributed by atoms with Gasteiger partial charge in [0, 0.05) is 13.1 Å². The van der Waals surface area contributed by atoms with Gasteiger partial charge in [0.05, 0.1) is 0 Å². The molecule has 2 aromatic rings. The first-order valence-corrected chi connectivity index (χ1v) is 6.47. The van der Waals surface area contributed by atoms with Crippen molar-refractivity contribution >= 4 is 17.5 Å². The van der Waals surface area contributed by atoms with Crippen LogP contribution >= 0.6 is 11.6 Å². The summed E-state index contributed by atoms with van der Waals surface area (Å²) in [5.41, 5.74) is 3.15. The highest BCUT2D eigenvalue weighted by Gasteiger charge is 2.13. The number of nitrogens with one attached hydrogen (secondary N) is 1. The zero-order valence-electron chi connectivity index (χ0n) is 10.2. The molecule has 9 heteroatoms. The Kier molecular flexibility index (Phi) is 3.51. The van der Waals surface area contributed by atoms with Gasteiger partial charge in [0.1, 0.15) is 12.7 Å². The third-order valence-corrected chi connectivity index (χ3v) is 3.00. The van der Waals surface area contributed by atoms with Crippen molar-refractivity contribution in [1.82, 2.24) is 34.7 Å². The summed E-state index contributed by atoms with van der Waals surface area (Å²) < 4.78 is 1.44. The van der Waals surface area contributed by atoms with Crippen LogP contribution in [-0.4, -0.2) is 47.8 Å². The number of aromatic nitrogens is 6. The maximum absolute atomic E-state index is 5.90. The molecular formula is C10H13ClN8. The van der Waals surface area contributed by atoms with E-state index in [2.05, 4.69) is 35.5 Å². The van der Waals surface area contributed by atoms with Gasteiger partial charge < -0.3 is 0 Å². The highest BCUT2D eigenvalue weighted by molar-refractivity contribution is 6.28. The number of piperidine rings is 1.